The van der Waals surface area contributed by atoms with Crippen LogP contribution in [0.4, 0.5) is 0 Å². The van der Waals surface area contributed by atoms with Gasteiger partial charge >= 0.3 is 0 Å². The van der Waals surface area contributed by atoms with E-state index in [1.54, 1.807) is 13.0 Å². The summed E-state index contributed by atoms with van der Waals surface area (Å²) in [4.78, 5) is 17.7. The summed E-state index contributed by atoms with van der Waals surface area (Å²) in [5.74, 6) is 0. The molecule has 0 atom stereocenters. The van der Waals surface area contributed by atoms with Crippen LogP contribution in [-0.4, -0.2) is 36.8 Å². The predicted molar refractivity (Wildman–Crippen MR) is 100 cm³/mol. The topological polar surface area (TPSA) is 90.6 Å². The van der Waals surface area contributed by atoms with Gasteiger partial charge in [-0.3, -0.25) is 4.79 Å². The molecule has 1 aliphatic heterocycles. The Morgan fingerprint density at radius 2 is 2.00 bits per heavy atom. The average molecular weight is 491 g/mol. The van der Waals surface area contributed by atoms with E-state index in [9.17, 15) is 13.2 Å². The van der Waals surface area contributed by atoms with Gasteiger partial charge in [0.15, 0.2) is 9.84 Å². The van der Waals surface area contributed by atoms with Crippen molar-refractivity contribution in [1.82, 2.24) is 9.78 Å². The molecule has 0 fully saturated rings. The molecule has 0 radical (unpaired) electrons. The molecule has 2 heterocycles. The van der Waals surface area contributed by atoms with Crippen molar-refractivity contribution in [1.29, 1.82) is 0 Å². The Kier molecular flexibility index (Phi) is 4.86. The first kappa shape index (κ1) is 18.3. The van der Waals surface area contributed by atoms with E-state index in [1.165, 1.54) is 16.9 Å². The van der Waals surface area contributed by atoms with Gasteiger partial charge in [0.1, 0.15) is 11.1 Å². The van der Waals surface area contributed by atoms with E-state index in [0.717, 1.165) is 6.26 Å². The lowest BCUT2D eigenvalue weighted by atomic mass is 10.0. The molecule has 25 heavy (non-hydrogen) atoms. The van der Waals surface area contributed by atoms with Crippen molar-refractivity contribution in [2.24, 2.45) is 5.16 Å². The summed E-state index contributed by atoms with van der Waals surface area (Å²) in [6.45, 7) is 2.13. The molecule has 0 N–H and O–H groups in total. The molecule has 0 unspecified atom stereocenters. The summed E-state index contributed by atoms with van der Waals surface area (Å²) in [6, 6.07) is 3.04. The molecule has 0 aliphatic carbocycles. The molecular weight excluding hydrogens is 478 g/mol. The van der Waals surface area contributed by atoms with Crippen molar-refractivity contribution in [3.05, 3.63) is 48.8 Å². The maximum absolute atomic E-state index is 12.5. The highest BCUT2D eigenvalue weighted by atomic mass is 79.9. The lowest BCUT2D eigenvalue weighted by Crippen LogP contribution is -2.24. The Hall–Kier alpha value is -1.52. The molecule has 3 rings (SSSR count). The normalized spacial score (nSPS) is 14.3. The fourth-order valence-corrected chi connectivity index (χ4v) is 4.13. The van der Waals surface area contributed by atoms with E-state index in [1.807, 2.05) is 0 Å². The lowest BCUT2D eigenvalue weighted by Gasteiger charge is -2.15. The molecule has 0 saturated heterocycles. The number of rotatable bonds is 3. The SMILES string of the molecule is Cc1c(-n2ncc(Br)c(Br)c2=O)ccc(S(C)(=O)=O)c1C1=NOCC1. The van der Waals surface area contributed by atoms with E-state index in [4.69, 9.17) is 4.84 Å². The van der Waals surface area contributed by atoms with Crippen molar-refractivity contribution in [3.8, 4) is 5.69 Å². The van der Waals surface area contributed by atoms with Crippen molar-refractivity contribution in [2.45, 2.75) is 18.2 Å². The number of hydrogen-bond donors (Lipinski definition) is 0. The Balaban J connectivity index is 2.33. The molecule has 10 heteroatoms. The van der Waals surface area contributed by atoms with Crippen LogP contribution in [0, 0.1) is 6.92 Å². The van der Waals surface area contributed by atoms with Gasteiger partial charge in [-0.05, 0) is 56.5 Å². The van der Waals surface area contributed by atoms with Crippen molar-refractivity contribution in [3.63, 3.8) is 0 Å². The van der Waals surface area contributed by atoms with Gasteiger partial charge in [-0.25, -0.2) is 8.42 Å². The average Bonchev–Trinajstić information content (AvgIpc) is 3.06. The van der Waals surface area contributed by atoms with Crippen molar-refractivity contribution >= 4 is 47.4 Å². The van der Waals surface area contributed by atoms with Crippen LogP contribution in [0.2, 0.25) is 0 Å². The van der Waals surface area contributed by atoms with E-state index in [0.29, 0.717) is 44.5 Å². The summed E-state index contributed by atoms with van der Waals surface area (Å²) in [5.41, 5.74) is 1.72. The minimum Gasteiger partial charge on any atom is -0.395 e. The molecule has 1 aromatic carbocycles. The molecule has 0 amide bonds. The van der Waals surface area contributed by atoms with Gasteiger partial charge in [0, 0.05) is 18.2 Å². The van der Waals surface area contributed by atoms with Crippen LogP contribution in [0.15, 0.2) is 42.1 Å². The number of oxime groups is 1. The molecule has 0 spiro atoms. The van der Waals surface area contributed by atoms with Gasteiger partial charge in [0.05, 0.1) is 27.0 Å². The summed E-state index contributed by atoms with van der Waals surface area (Å²) in [7, 11) is -3.48. The highest BCUT2D eigenvalue weighted by molar-refractivity contribution is 9.13. The third kappa shape index (κ3) is 3.30. The van der Waals surface area contributed by atoms with Gasteiger partial charge < -0.3 is 4.84 Å². The standard InChI is InChI=1S/C15H13Br2N3O4S/c1-8-11(20-15(21)14(17)9(16)7-18-20)3-4-12(25(2,22)23)13(8)10-5-6-24-19-10/h3-4,7H,5-6H2,1-2H3. The maximum Gasteiger partial charge on any atom is 0.286 e. The molecule has 0 saturated carbocycles. The van der Waals surface area contributed by atoms with Gasteiger partial charge in [-0.1, -0.05) is 5.16 Å². The second-order valence-electron chi connectivity index (χ2n) is 5.50. The summed E-state index contributed by atoms with van der Waals surface area (Å²) in [6.07, 6.45) is 3.13. The van der Waals surface area contributed by atoms with E-state index >= 15 is 0 Å². The zero-order chi connectivity index (χ0) is 18.4. The fourth-order valence-electron chi connectivity index (χ4n) is 2.64. The molecule has 2 aromatic rings. The Labute approximate surface area is 160 Å². The second-order valence-corrected chi connectivity index (χ2v) is 9.13. The van der Waals surface area contributed by atoms with Gasteiger partial charge in [0.2, 0.25) is 0 Å². The van der Waals surface area contributed by atoms with Gasteiger partial charge in [-0.15, -0.1) is 0 Å². The number of hydrogen-bond acceptors (Lipinski definition) is 6. The first-order valence-corrected chi connectivity index (χ1v) is 10.7. The highest BCUT2D eigenvalue weighted by Gasteiger charge is 2.25. The molecular formula is C15H13Br2N3O4S. The molecule has 1 aromatic heterocycles. The quantitative estimate of drug-likeness (QED) is 0.659. The smallest absolute Gasteiger partial charge is 0.286 e. The number of benzene rings is 1. The van der Waals surface area contributed by atoms with Crippen LogP contribution in [0.5, 0.6) is 0 Å². The summed E-state index contributed by atoms with van der Waals surface area (Å²) < 4.78 is 26.4. The monoisotopic (exact) mass is 489 g/mol. The van der Waals surface area contributed by atoms with Crippen molar-refractivity contribution in [2.75, 3.05) is 12.9 Å². The van der Waals surface area contributed by atoms with Crippen LogP contribution >= 0.6 is 31.9 Å². The third-order valence-electron chi connectivity index (χ3n) is 3.80. The zero-order valence-corrected chi connectivity index (χ0v) is 17.3. The van der Waals surface area contributed by atoms with Crippen molar-refractivity contribution < 1.29 is 13.3 Å². The number of halogens is 2. The third-order valence-corrected chi connectivity index (χ3v) is 6.83. The number of nitrogens with zero attached hydrogens (tertiary/aromatic N) is 3. The van der Waals surface area contributed by atoms with Crippen LogP contribution in [0.3, 0.4) is 0 Å². The van der Waals surface area contributed by atoms with Crippen LogP contribution in [0.25, 0.3) is 5.69 Å². The predicted octanol–water partition coefficient (Wildman–Crippen LogP) is 2.59. The zero-order valence-electron chi connectivity index (χ0n) is 13.3. The van der Waals surface area contributed by atoms with E-state index in [-0.39, 0.29) is 10.5 Å². The van der Waals surface area contributed by atoms with Crippen LogP contribution < -0.4 is 5.56 Å². The van der Waals surface area contributed by atoms with E-state index in [2.05, 4.69) is 42.1 Å². The van der Waals surface area contributed by atoms with Gasteiger partial charge in [0.25, 0.3) is 5.56 Å². The maximum atomic E-state index is 12.5. The summed E-state index contributed by atoms with van der Waals surface area (Å²) >= 11 is 6.46. The first-order valence-electron chi connectivity index (χ1n) is 7.18. The van der Waals surface area contributed by atoms with Crippen LogP contribution in [0.1, 0.15) is 17.5 Å². The van der Waals surface area contributed by atoms with E-state index < -0.39 is 9.84 Å². The highest BCUT2D eigenvalue weighted by Crippen LogP contribution is 2.28. The second kappa shape index (κ2) is 6.65. The Morgan fingerprint density at radius 3 is 2.60 bits per heavy atom. The number of sulfone groups is 1. The molecule has 1 aliphatic rings. The minimum atomic E-state index is -3.48. The largest absolute Gasteiger partial charge is 0.395 e. The Morgan fingerprint density at radius 1 is 1.28 bits per heavy atom. The summed E-state index contributed by atoms with van der Waals surface area (Å²) in [5, 5.41) is 8.09. The lowest BCUT2D eigenvalue weighted by molar-refractivity contribution is 0.174. The molecule has 132 valence electrons. The molecule has 7 nitrogen and oxygen atoms in total. The minimum absolute atomic E-state index is 0.155. The van der Waals surface area contributed by atoms with Gasteiger partial charge in [-0.2, -0.15) is 9.78 Å². The Bertz CT molecular complexity index is 1060. The number of aromatic nitrogens is 2. The fraction of sp³-hybridized carbons (Fsp3) is 0.267. The van der Waals surface area contributed by atoms with Crippen LogP contribution in [-0.2, 0) is 14.7 Å². The first-order chi connectivity index (χ1) is 11.7. The molecule has 0 bridgehead atoms.